The molecule has 8 rings (SSSR count). The Hall–Kier alpha value is -4.40. The molecular formula is C60H98N10O8. The average Bonchev–Trinajstić information content (AvgIpc) is 3.97. The fraction of sp³-hybridized carbons (Fsp3) is 0.733. The number of fused-ring (bicyclic) bond motifs is 4. The Morgan fingerprint density at radius 2 is 1.74 bits per heavy atom. The molecule has 2 bridgehead atoms. The Kier molecular flexibility index (Phi) is 22.6. The first-order chi connectivity index (χ1) is 37.6. The van der Waals surface area contributed by atoms with Crippen molar-refractivity contribution < 1.29 is 38.4 Å². The molecule has 3 aromatic rings. The van der Waals surface area contributed by atoms with Gasteiger partial charge in [-0.25, -0.2) is 5.43 Å². The van der Waals surface area contributed by atoms with Crippen molar-refractivity contribution in [2.75, 3.05) is 123 Å². The van der Waals surface area contributed by atoms with Crippen LogP contribution < -0.4 is 20.5 Å². The lowest BCUT2D eigenvalue weighted by Crippen LogP contribution is -2.65. The van der Waals surface area contributed by atoms with Gasteiger partial charge in [0, 0.05) is 119 Å². The van der Waals surface area contributed by atoms with Crippen LogP contribution in [-0.4, -0.2) is 196 Å². The fourth-order valence-electron chi connectivity index (χ4n) is 13.0. The van der Waals surface area contributed by atoms with Gasteiger partial charge in [-0.05, 0) is 127 Å². The van der Waals surface area contributed by atoms with Crippen LogP contribution in [0.2, 0.25) is 0 Å². The standard InChI is InChI=1S/C32H46N4O5.C28H52N6O3/c1-7-34(11-14-37)24-9-10-29-26(17-24)28(19-32(4,5)21-41-22-38)31(36(29)8-2)27-18-25(35-12-15-40-16-13-35)20-33-30(27)23(3)39-6;1-6-23(7-2)32-15-12-22-11-9-13-33(19-32)26(21(22)4)27(35)29-25(18-31-16-24(17-31)37-5)28(36)34-14-8-10-20(3)30-34/h9-10,17-18,20,22-23,37H,7-8,11-16,19,21H2,1-6H3;20-26,30H,6-19H2,1-5H3,(H,29,35). The molecule has 5 saturated heterocycles. The number of ether oxygens (including phenoxy) is 4. The number of hydrogen-bond donors (Lipinski definition) is 3. The third kappa shape index (κ3) is 14.7. The van der Waals surface area contributed by atoms with E-state index in [2.05, 4.69) is 119 Å². The molecule has 436 valence electrons. The van der Waals surface area contributed by atoms with E-state index in [9.17, 15) is 19.5 Å². The lowest BCUT2D eigenvalue weighted by Gasteiger charge is -2.44. The molecule has 0 saturated carbocycles. The fourth-order valence-corrected chi connectivity index (χ4v) is 13.0. The van der Waals surface area contributed by atoms with E-state index < -0.39 is 6.04 Å². The number of aliphatic hydroxyl groups excluding tert-OH is 1. The number of aliphatic hydroxyl groups is 1. The van der Waals surface area contributed by atoms with Crippen molar-refractivity contribution >= 4 is 40.6 Å². The summed E-state index contributed by atoms with van der Waals surface area (Å²) in [5.74, 6) is 0.820. The number of nitrogens with one attached hydrogen (secondary N) is 2. The summed E-state index contributed by atoms with van der Waals surface area (Å²) in [5.41, 5.74) is 10.6. The number of anilines is 2. The maximum atomic E-state index is 14.1. The molecule has 2 aromatic heterocycles. The van der Waals surface area contributed by atoms with Gasteiger partial charge in [0.15, 0.2) is 0 Å². The second kappa shape index (κ2) is 28.8. The predicted molar refractivity (Wildman–Crippen MR) is 309 cm³/mol. The number of nitrogens with zero attached hydrogens (tertiary/aromatic N) is 8. The Morgan fingerprint density at radius 3 is 2.40 bits per heavy atom. The molecule has 7 unspecified atom stereocenters. The van der Waals surface area contributed by atoms with Crippen LogP contribution >= 0.6 is 0 Å². The zero-order valence-corrected chi connectivity index (χ0v) is 49.4. The highest BCUT2D eigenvalue weighted by atomic mass is 16.5. The quantitative estimate of drug-likeness (QED) is 0.0856. The molecule has 3 N–H and O–H groups in total. The number of benzene rings is 1. The zero-order chi connectivity index (χ0) is 56.1. The highest BCUT2D eigenvalue weighted by molar-refractivity contribution is 5.95. The average molecular weight is 1090 g/mol. The van der Waals surface area contributed by atoms with Gasteiger partial charge >= 0.3 is 0 Å². The first-order valence-corrected chi connectivity index (χ1v) is 29.7. The Bertz CT molecular complexity index is 2390. The molecule has 18 nitrogen and oxygen atoms in total. The number of methoxy groups -OCH3 is 2. The number of aromatic nitrogens is 2. The number of amides is 2. The summed E-state index contributed by atoms with van der Waals surface area (Å²) in [6.45, 7) is 31.3. The number of rotatable bonds is 23. The van der Waals surface area contributed by atoms with E-state index >= 15 is 0 Å². The number of aryl methyl sites for hydroxylation is 1. The third-order valence-corrected chi connectivity index (χ3v) is 17.6. The highest BCUT2D eigenvalue weighted by Gasteiger charge is 2.43. The number of pyridine rings is 1. The van der Waals surface area contributed by atoms with Crippen LogP contribution in [0.25, 0.3) is 22.2 Å². The summed E-state index contributed by atoms with van der Waals surface area (Å²) in [7, 11) is 3.45. The highest BCUT2D eigenvalue weighted by Crippen LogP contribution is 2.43. The molecule has 1 aromatic carbocycles. The molecule has 5 aliphatic heterocycles. The molecule has 5 fully saturated rings. The van der Waals surface area contributed by atoms with Crippen molar-refractivity contribution in [2.24, 2.45) is 17.3 Å². The second-order valence-electron chi connectivity index (χ2n) is 23.5. The van der Waals surface area contributed by atoms with Crippen LogP contribution in [0.1, 0.15) is 125 Å². The Labute approximate surface area is 466 Å². The molecule has 7 heterocycles. The lowest BCUT2D eigenvalue weighted by atomic mass is 9.82. The summed E-state index contributed by atoms with van der Waals surface area (Å²) in [5, 5.41) is 15.9. The third-order valence-electron chi connectivity index (χ3n) is 17.6. The molecule has 7 atom stereocenters. The minimum atomic E-state index is -0.558. The number of carbonyl (C=O) groups excluding carboxylic acids is 3. The summed E-state index contributed by atoms with van der Waals surface area (Å²) in [4.78, 5) is 55.7. The maximum absolute atomic E-state index is 14.1. The van der Waals surface area contributed by atoms with E-state index in [1.807, 2.05) is 13.1 Å². The lowest BCUT2D eigenvalue weighted by molar-refractivity contribution is -0.145. The monoisotopic (exact) mass is 1090 g/mol. The number of likely N-dealkylation sites (tertiary alicyclic amines) is 1. The SMILES string of the molecule is CCC(CC)N1CCC2CCCN(C1)C(C(=O)NC(CN1CC(OC)C1)C(=O)N1CCCC(C)N1)C2C.CCN(CCO)c1ccc2c(c1)c(CC(C)(C)COC=O)c(-c1cc(N3CCOCC3)cnc1C(C)OC)n2CC. The van der Waals surface area contributed by atoms with E-state index in [1.54, 1.807) is 19.2 Å². The largest absolute Gasteiger partial charge is 0.467 e. The van der Waals surface area contributed by atoms with Gasteiger partial charge in [0.2, 0.25) is 5.91 Å². The van der Waals surface area contributed by atoms with Crippen molar-refractivity contribution in [1.82, 2.24) is 40.0 Å². The van der Waals surface area contributed by atoms with Gasteiger partial charge in [-0.1, -0.05) is 34.6 Å². The van der Waals surface area contributed by atoms with Crippen LogP contribution in [0.3, 0.4) is 0 Å². The minimum absolute atomic E-state index is 0.0177. The van der Waals surface area contributed by atoms with Crippen molar-refractivity contribution in [3.8, 4) is 11.3 Å². The topological polar surface area (TPSA) is 170 Å². The van der Waals surface area contributed by atoms with Crippen molar-refractivity contribution in [2.45, 2.75) is 157 Å². The van der Waals surface area contributed by atoms with Gasteiger partial charge in [0.05, 0.1) is 74.6 Å². The van der Waals surface area contributed by atoms with E-state index in [-0.39, 0.29) is 54.0 Å². The molecule has 0 aliphatic carbocycles. The molecule has 0 radical (unpaired) electrons. The summed E-state index contributed by atoms with van der Waals surface area (Å²) >= 11 is 0. The maximum Gasteiger partial charge on any atom is 0.293 e. The number of likely N-dealkylation sites (N-methyl/N-ethyl adjacent to an activating group) is 1. The van der Waals surface area contributed by atoms with Gasteiger partial charge in [0.25, 0.3) is 12.4 Å². The number of hydrazine groups is 1. The molecule has 5 aliphatic rings. The molecule has 18 heteroatoms. The number of hydrogen-bond acceptors (Lipinski definition) is 15. The normalized spacial score (nSPS) is 23.4. The smallest absolute Gasteiger partial charge is 0.293 e. The molecular weight excluding hydrogens is 989 g/mol. The van der Waals surface area contributed by atoms with Gasteiger partial charge in [-0.2, -0.15) is 0 Å². The van der Waals surface area contributed by atoms with Crippen LogP contribution in [-0.2, 0) is 46.3 Å². The Balaban J connectivity index is 0.000000227. The van der Waals surface area contributed by atoms with Crippen LogP contribution in [0.5, 0.6) is 0 Å². The second-order valence-corrected chi connectivity index (χ2v) is 23.5. The van der Waals surface area contributed by atoms with E-state index in [0.29, 0.717) is 64.3 Å². The molecule has 78 heavy (non-hydrogen) atoms. The minimum Gasteiger partial charge on any atom is -0.467 e. The van der Waals surface area contributed by atoms with Gasteiger partial charge in [0.1, 0.15) is 6.04 Å². The predicted octanol–water partition coefficient (Wildman–Crippen LogP) is 6.71. The summed E-state index contributed by atoms with van der Waals surface area (Å²) < 4.78 is 24.5. The zero-order valence-electron chi connectivity index (χ0n) is 49.4. The van der Waals surface area contributed by atoms with Crippen LogP contribution in [0.4, 0.5) is 11.4 Å². The molecule has 0 spiro atoms. The Morgan fingerprint density at radius 1 is 1.00 bits per heavy atom. The number of carbonyl (C=O) groups is 3. The van der Waals surface area contributed by atoms with Gasteiger partial charge in [-0.3, -0.25) is 39.1 Å². The van der Waals surface area contributed by atoms with Crippen LogP contribution in [0, 0.1) is 17.3 Å². The van der Waals surface area contributed by atoms with Crippen molar-refractivity contribution in [3.63, 3.8) is 0 Å². The van der Waals surface area contributed by atoms with Gasteiger partial charge in [-0.15, -0.1) is 0 Å². The van der Waals surface area contributed by atoms with E-state index in [1.165, 1.54) is 12.0 Å². The summed E-state index contributed by atoms with van der Waals surface area (Å²) in [6.07, 6.45) is 10.4. The first kappa shape index (κ1) is 61.2. The molecule has 2 amide bonds. The summed E-state index contributed by atoms with van der Waals surface area (Å²) in [6, 6.07) is 8.90. The van der Waals surface area contributed by atoms with Crippen molar-refractivity contribution in [1.29, 1.82) is 0 Å². The van der Waals surface area contributed by atoms with Crippen molar-refractivity contribution in [3.05, 3.63) is 41.7 Å². The first-order valence-electron chi connectivity index (χ1n) is 29.7. The van der Waals surface area contributed by atoms with E-state index in [4.69, 9.17) is 23.9 Å². The van der Waals surface area contributed by atoms with Gasteiger partial charge < -0.3 is 43.7 Å². The van der Waals surface area contributed by atoms with Crippen LogP contribution in [0.15, 0.2) is 30.5 Å². The van der Waals surface area contributed by atoms with E-state index in [0.717, 1.165) is 137 Å². The number of morpholine rings is 1.